The minimum Gasteiger partial charge on any atom is -0.0984 e. The van der Waals surface area contributed by atoms with E-state index in [9.17, 15) is 0 Å². The standard InChI is InChI=1S/C25H22/c1-3-5-12-20(4-2)23-17-24(21-13-8-6-9-14-21)19-25(18-23)22-15-10-7-11-16-22/h3-19H,2H2,1H3/b5-3-,20-12+. The summed E-state index contributed by atoms with van der Waals surface area (Å²) < 4.78 is 0. The largest absolute Gasteiger partial charge is 0.0984 e. The molecule has 122 valence electrons. The summed E-state index contributed by atoms with van der Waals surface area (Å²) in [6, 6.07) is 27.7. The summed E-state index contributed by atoms with van der Waals surface area (Å²) in [5.41, 5.74) is 7.16. The quantitative estimate of drug-likeness (QED) is 0.437. The average Bonchev–Trinajstić information content (AvgIpc) is 2.70. The Bertz CT molecular complexity index is 840. The number of hydrogen-bond donors (Lipinski definition) is 0. The second kappa shape index (κ2) is 8.12. The molecule has 0 N–H and O–H groups in total. The number of rotatable bonds is 5. The van der Waals surface area contributed by atoms with Gasteiger partial charge in [0.05, 0.1) is 0 Å². The highest BCUT2D eigenvalue weighted by Gasteiger charge is 2.07. The maximum absolute atomic E-state index is 3.99. The van der Waals surface area contributed by atoms with Crippen molar-refractivity contribution in [1.29, 1.82) is 0 Å². The van der Waals surface area contributed by atoms with E-state index in [0.29, 0.717) is 0 Å². The van der Waals surface area contributed by atoms with E-state index >= 15 is 0 Å². The van der Waals surface area contributed by atoms with Crippen molar-refractivity contribution in [2.45, 2.75) is 6.92 Å². The number of hydrogen-bond acceptors (Lipinski definition) is 0. The van der Waals surface area contributed by atoms with Crippen LogP contribution in [0.3, 0.4) is 0 Å². The fourth-order valence-electron chi connectivity index (χ4n) is 2.87. The predicted molar refractivity (Wildman–Crippen MR) is 110 cm³/mol. The van der Waals surface area contributed by atoms with Gasteiger partial charge >= 0.3 is 0 Å². The van der Waals surface area contributed by atoms with Crippen LogP contribution in [0.2, 0.25) is 0 Å². The Morgan fingerprint density at radius 3 is 1.68 bits per heavy atom. The maximum atomic E-state index is 3.99. The maximum Gasteiger partial charge on any atom is -0.0172 e. The van der Waals surface area contributed by atoms with Crippen molar-refractivity contribution < 1.29 is 0 Å². The minimum absolute atomic E-state index is 1.12. The van der Waals surface area contributed by atoms with E-state index in [1.165, 1.54) is 27.8 Å². The Balaban J connectivity index is 2.20. The minimum atomic E-state index is 1.12. The molecule has 0 saturated carbocycles. The molecular formula is C25H22. The number of allylic oxidation sites excluding steroid dienone is 5. The molecule has 3 aromatic rings. The van der Waals surface area contributed by atoms with Gasteiger partial charge in [-0.25, -0.2) is 0 Å². The van der Waals surface area contributed by atoms with Crippen LogP contribution in [-0.4, -0.2) is 0 Å². The summed E-state index contributed by atoms with van der Waals surface area (Å²) in [6.45, 7) is 6.01. The third kappa shape index (κ3) is 4.05. The monoisotopic (exact) mass is 322 g/mol. The molecule has 0 atom stereocenters. The Hall–Kier alpha value is -3.12. The van der Waals surface area contributed by atoms with Gasteiger partial charge in [0.1, 0.15) is 0 Å². The molecule has 0 radical (unpaired) electrons. The van der Waals surface area contributed by atoms with Crippen LogP contribution in [-0.2, 0) is 0 Å². The van der Waals surface area contributed by atoms with Gasteiger partial charge in [0, 0.05) is 0 Å². The van der Waals surface area contributed by atoms with Crippen LogP contribution >= 0.6 is 0 Å². The van der Waals surface area contributed by atoms with Gasteiger partial charge in [0.25, 0.3) is 0 Å². The molecule has 0 aliphatic rings. The second-order valence-corrected chi connectivity index (χ2v) is 5.88. The van der Waals surface area contributed by atoms with E-state index in [-0.39, 0.29) is 0 Å². The third-order valence-electron chi connectivity index (χ3n) is 4.17. The summed E-state index contributed by atoms with van der Waals surface area (Å²) in [5.74, 6) is 0. The highest BCUT2D eigenvalue weighted by molar-refractivity contribution is 5.83. The molecule has 0 saturated heterocycles. The first-order valence-electron chi connectivity index (χ1n) is 8.53. The Morgan fingerprint density at radius 1 is 0.720 bits per heavy atom. The van der Waals surface area contributed by atoms with Crippen LogP contribution in [0.15, 0.2) is 110 Å². The summed E-state index contributed by atoms with van der Waals surface area (Å²) in [5, 5.41) is 0. The third-order valence-corrected chi connectivity index (χ3v) is 4.17. The SMILES string of the molecule is C=C/C(=C\C=C/C)c1cc(-c2ccccc2)cc(-c2ccccc2)c1. The van der Waals surface area contributed by atoms with Crippen molar-refractivity contribution in [3.8, 4) is 22.3 Å². The van der Waals surface area contributed by atoms with Gasteiger partial charge in [0.2, 0.25) is 0 Å². The van der Waals surface area contributed by atoms with Gasteiger partial charge in [-0.1, -0.05) is 91.5 Å². The molecular weight excluding hydrogens is 300 g/mol. The summed E-state index contributed by atoms with van der Waals surface area (Å²) in [4.78, 5) is 0. The first-order valence-corrected chi connectivity index (χ1v) is 8.53. The molecule has 0 aliphatic heterocycles. The average molecular weight is 322 g/mol. The second-order valence-electron chi connectivity index (χ2n) is 5.88. The van der Waals surface area contributed by atoms with E-state index in [1.54, 1.807) is 0 Å². The molecule has 0 heterocycles. The summed E-state index contributed by atoms with van der Waals surface area (Å²) in [7, 11) is 0. The van der Waals surface area contributed by atoms with Gasteiger partial charge < -0.3 is 0 Å². The fraction of sp³-hybridized carbons (Fsp3) is 0.0400. The molecule has 0 aliphatic carbocycles. The van der Waals surface area contributed by atoms with E-state index in [2.05, 4.69) is 79.4 Å². The topological polar surface area (TPSA) is 0 Å². The summed E-state index contributed by atoms with van der Waals surface area (Å²) >= 11 is 0. The lowest BCUT2D eigenvalue weighted by atomic mass is 9.93. The molecule has 3 aromatic carbocycles. The number of benzene rings is 3. The highest BCUT2D eigenvalue weighted by Crippen LogP contribution is 2.31. The first kappa shape index (κ1) is 16.7. The van der Waals surface area contributed by atoms with Crippen molar-refractivity contribution in [3.05, 3.63) is 115 Å². The van der Waals surface area contributed by atoms with Gasteiger partial charge in [0.15, 0.2) is 0 Å². The van der Waals surface area contributed by atoms with Gasteiger partial charge in [-0.2, -0.15) is 0 Å². The lowest BCUT2D eigenvalue weighted by Crippen LogP contribution is -1.88. The van der Waals surface area contributed by atoms with E-state index in [0.717, 1.165) is 5.57 Å². The molecule has 0 amide bonds. The molecule has 0 nitrogen and oxygen atoms in total. The molecule has 3 rings (SSSR count). The van der Waals surface area contributed by atoms with Crippen LogP contribution in [0.4, 0.5) is 0 Å². The molecule has 0 aromatic heterocycles. The van der Waals surface area contributed by atoms with Gasteiger partial charge in [-0.05, 0) is 58.5 Å². The van der Waals surface area contributed by atoms with Crippen LogP contribution in [0.1, 0.15) is 12.5 Å². The Labute approximate surface area is 150 Å². The van der Waals surface area contributed by atoms with Crippen molar-refractivity contribution in [1.82, 2.24) is 0 Å². The van der Waals surface area contributed by atoms with Crippen LogP contribution in [0.25, 0.3) is 27.8 Å². The Morgan fingerprint density at radius 2 is 1.24 bits per heavy atom. The van der Waals surface area contributed by atoms with E-state index in [1.807, 2.05) is 37.3 Å². The Kier molecular flexibility index (Phi) is 5.43. The van der Waals surface area contributed by atoms with Crippen molar-refractivity contribution in [2.75, 3.05) is 0 Å². The molecule has 0 bridgehead atoms. The molecule has 0 unspecified atom stereocenters. The van der Waals surface area contributed by atoms with Crippen LogP contribution in [0, 0.1) is 0 Å². The van der Waals surface area contributed by atoms with Crippen LogP contribution < -0.4 is 0 Å². The van der Waals surface area contributed by atoms with E-state index < -0.39 is 0 Å². The molecule has 25 heavy (non-hydrogen) atoms. The fourth-order valence-corrected chi connectivity index (χ4v) is 2.87. The smallest absolute Gasteiger partial charge is 0.0172 e. The van der Waals surface area contributed by atoms with Crippen molar-refractivity contribution in [3.63, 3.8) is 0 Å². The van der Waals surface area contributed by atoms with E-state index in [4.69, 9.17) is 0 Å². The summed E-state index contributed by atoms with van der Waals surface area (Å²) in [6.07, 6.45) is 8.10. The van der Waals surface area contributed by atoms with Crippen molar-refractivity contribution >= 4 is 5.57 Å². The van der Waals surface area contributed by atoms with Gasteiger partial charge in [-0.15, -0.1) is 0 Å². The lowest BCUT2D eigenvalue weighted by molar-refractivity contribution is 1.55. The molecule has 0 heteroatoms. The van der Waals surface area contributed by atoms with Crippen molar-refractivity contribution in [2.24, 2.45) is 0 Å². The zero-order chi connectivity index (χ0) is 17.5. The molecule has 0 spiro atoms. The molecule has 0 fully saturated rings. The first-order chi connectivity index (χ1) is 12.3. The predicted octanol–water partition coefficient (Wildman–Crippen LogP) is 7.17. The normalized spacial score (nSPS) is 11.6. The van der Waals surface area contributed by atoms with Gasteiger partial charge in [-0.3, -0.25) is 0 Å². The lowest BCUT2D eigenvalue weighted by Gasteiger charge is -2.11. The zero-order valence-corrected chi connectivity index (χ0v) is 14.5. The van der Waals surface area contributed by atoms with Crippen LogP contribution in [0.5, 0.6) is 0 Å². The zero-order valence-electron chi connectivity index (χ0n) is 14.5. The highest BCUT2D eigenvalue weighted by atomic mass is 14.1.